The summed E-state index contributed by atoms with van der Waals surface area (Å²) in [6.45, 7) is 1.56. The first-order valence-electron chi connectivity index (χ1n) is 5.30. The van der Waals surface area contributed by atoms with Gasteiger partial charge in [-0.15, -0.1) is 0 Å². The van der Waals surface area contributed by atoms with Gasteiger partial charge in [-0.3, -0.25) is 9.59 Å². The summed E-state index contributed by atoms with van der Waals surface area (Å²) >= 11 is 5.80. The highest BCUT2D eigenvalue weighted by atomic mass is 35.5. The fourth-order valence-electron chi connectivity index (χ4n) is 1.29. The van der Waals surface area contributed by atoms with Crippen molar-refractivity contribution in [3.63, 3.8) is 0 Å². The molecule has 1 aromatic carbocycles. The van der Waals surface area contributed by atoms with Crippen LogP contribution in [0.4, 0.5) is 0 Å². The van der Waals surface area contributed by atoms with Crippen LogP contribution in [0.15, 0.2) is 18.2 Å². The van der Waals surface area contributed by atoms with E-state index < -0.39 is 17.8 Å². The van der Waals surface area contributed by atoms with Crippen molar-refractivity contribution in [3.8, 4) is 5.75 Å². The Morgan fingerprint density at radius 2 is 2.17 bits per heavy atom. The van der Waals surface area contributed by atoms with Crippen LogP contribution < -0.4 is 10.1 Å². The molecule has 1 amide bonds. The lowest BCUT2D eigenvalue weighted by atomic mass is 10.1. The molecule has 0 aromatic heterocycles. The van der Waals surface area contributed by atoms with E-state index in [0.29, 0.717) is 10.8 Å². The molecular weight excluding hydrogens is 258 g/mol. The highest BCUT2D eigenvalue weighted by molar-refractivity contribution is 6.31. The number of halogens is 1. The number of carbonyl (C=O) groups is 2. The molecule has 18 heavy (non-hydrogen) atoms. The summed E-state index contributed by atoms with van der Waals surface area (Å²) in [5.41, 5.74) is 0.280. The Labute approximate surface area is 110 Å². The van der Waals surface area contributed by atoms with Crippen LogP contribution in [0.2, 0.25) is 5.02 Å². The highest BCUT2D eigenvalue weighted by Crippen LogP contribution is 2.22. The number of methoxy groups -OCH3 is 1. The van der Waals surface area contributed by atoms with Crippen LogP contribution in [0, 0.1) is 5.92 Å². The first-order valence-corrected chi connectivity index (χ1v) is 5.68. The van der Waals surface area contributed by atoms with Crippen LogP contribution >= 0.6 is 11.6 Å². The number of aliphatic carboxylic acids is 1. The van der Waals surface area contributed by atoms with Gasteiger partial charge in [-0.2, -0.15) is 0 Å². The molecule has 1 unspecified atom stereocenters. The van der Waals surface area contributed by atoms with Crippen molar-refractivity contribution in [2.24, 2.45) is 5.92 Å². The van der Waals surface area contributed by atoms with Gasteiger partial charge in [0, 0.05) is 11.6 Å². The van der Waals surface area contributed by atoms with Gasteiger partial charge < -0.3 is 15.2 Å². The molecule has 0 spiro atoms. The summed E-state index contributed by atoms with van der Waals surface area (Å²) in [4.78, 5) is 22.5. The second-order valence-corrected chi connectivity index (χ2v) is 4.23. The van der Waals surface area contributed by atoms with Crippen molar-refractivity contribution >= 4 is 23.5 Å². The van der Waals surface area contributed by atoms with Gasteiger partial charge in [-0.25, -0.2) is 0 Å². The average molecular weight is 272 g/mol. The predicted octanol–water partition coefficient (Wildman–Crippen LogP) is 1.80. The van der Waals surface area contributed by atoms with Gasteiger partial charge in [0.25, 0.3) is 5.91 Å². The molecule has 0 radical (unpaired) electrons. The zero-order valence-corrected chi connectivity index (χ0v) is 10.8. The molecule has 0 bridgehead atoms. The Bertz CT molecular complexity index is 461. The minimum atomic E-state index is -0.964. The van der Waals surface area contributed by atoms with E-state index in [9.17, 15) is 9.59 Å². The van der Waals surface area contributed by atoms with Crippen LogP contribution in [0.1, 0.15) is 17.3 Å². The molecule has 98 valence electrons. The van der Waals surface area contributed by atoms with E-state index in [2.05, 4.69) is 5.32 Å². The van der Waals surface area contributed by atoms with E-state index in [1.165, 1.54) is 20.1 Å². The topological polar surface area (TPSA) is 75.6 Å². The zero-order chi connectivity index (χ0) is 13.7. The first kappa shape index (κ1) is 14.3. The van der Waals surface area contributed by atoms with Crippen molar-refractivity contribution in [2.75, 3.05) is 13.7 Å². The molecule has 0 saturated heterocycles. The highest BCUT2D eigenvalue weighted by Gasteiger charge is 2.16. The largest absolute Gasteiger partial charge is 0.496 e. The van der Waals surface area contributed by atoms with E-state index in [0.717, 1.165) is 0 Å². The van der Waals surface area contributed by atoms with Crippen LogP contribution in [0.5, 0.6) is 5.75 Å². The molecule has 1 rings (SSSR count). The summed E-state index contributed by atoms with van der Waals surface area (Å²) in [7, 11) is 1.44. The third-order valence-electron chi connectivity index (χ3n) is 2.40. The van der Waals surface area contributed by atoms with E-state index in [-0.39, 0.29) is 12.1 Å². The van der Waals surface area contributed by atoms with Gasteiger partial charge >= 0.3 is 5.97 Å². The van der Waals surface area contributed by atoms with Gasteiger partial charge in [0.05, 0.1) is 18.6 Å². The molecule has 0 fully saturated rings. The lowest BCUT2D eigenvalue weighted by Crippen LogP contribution is -2.31. The normalized spacial score (nSPS) is 11.7. The van der Waals surface area contributed by atoms with Gasteiger partial charge in [-0.05, 0) is 18.2 Å². The summed E-state index contributed by atoms with van der Waals surface area (Å²) in [6, 6.07) is 4.66. The zero-order valence-electron chi connectivity index (χ0n) is 10.1. The molecule has 0 aliphatic heterocycles. The number of ether oxygens (including phenoxy) is 1. The predicted molar refractivity (Wildman–Crippen MR) is 67.1 cm³/mol. The van der Waals surface area contributed by atoms with Crippen LogP contribution in [0.3, 0.4) is 0 Å². The van der Waals surface area contributed by atoms with Crippen LogP contribution in [-0.4, -0.2) is 30.6 Å². The number of carboxylic acids is 1. The lowest BCUT2D eigenvalue weighted by molar-refractivity contribution is -0.140. The Balaban J connectivity index is 2.78. The fourth-order valence-corrected chi connectivity index (χ4v) is 1.46. The SMILES string of the molecule is COc1ccc(Cl)cc1C(=O)NCC(C)C(=O)O. The number of nitrogens with one attached hydrogen (secondary N) is 1. The van der Waals surface area contributed by atoms with Crippen molar-refractivity contribution in [1.29, 1.82) is 0 Å². The Morgan fingerprint density at radius 3 is 2.72 bits per heavy atom. The molecule has 5 nitrogen and oxygen atoms in total. The quantitative estimate of drug-likeness (QED) is 0.856. The number of rotatable bonds is 5. The number of hydrogen-bond acceptors (Lipinski definition) is 3. The van der Waals surface area contributed by atoms with Crippen molar-refractivity contribution in [1.82, 2.24) is 5.32 Å². The Hall–Kier alpha value is -1.75. The standard InChI is InChI=1S/C12H14ClNO4/c1-7(12(16)17)6-14-11(15)9-5-8(13)3-4-10(9)18-2/h3-5,7H,6H2,1-2H3,(H,14,15)(H,16,17). The van der Waals surface area contributed by atoms with Crippen molar-refractivity contribution in [3.05, 3.63) is 28.8 Å². The molecule has 0 aliphatic carbocycles. The summed E-state index contributed by atoms with van der Waals surface area (Å²) in [6.07, 6.45) is 0. The number of carbonyl (C=O) groups excluding carboxylic acids is 1. The smallest absolute Gasteiger partial charge is 0.308 e. The number of carboxylic acid groups (broad SMARTS) is 1. The average Bonchev–Trinajstić information content (AvgIpc) is 2.35. The van der Waals surface area contributed by atoms with Gasteiger partial charge in [-0.1, -0.05) is 18.5 Å². The van der Waals surface area contributed by atoms with E-state index in [1.54, 1.807) is 12.1 Å². The molecule has 6 heteroatoms. The maximum Gasteiger partial charge on any atom is 0.308 e. The summed E-state index contributed by atoms with van der Waals surface area (Å²) in [5.74, 6) is -1.64. The molecule has 1 atom stereocenters. The first-order chi connectivity index (χ1) is 8.45. The minimum absolute atomic E-state index is 0.0455. The van der Waals surface area contributed by atoms with E-state index >= 15 is 0 Å². The molecule has 0 aliphatic rings. The number of benzene rings is 1. The van der Waals surface area contributed by atoms with Gasteiger partial charge in [0.15, 0.2) is 0 Å². The third-order valence-corrected chi connectivity index (χ3v) is 2.63. The van der Waals surface area contributed by atoms with Crippen LogP contribution in [-0.2, 0) is 4.79 Å². The molecule has 1 aromatic rings. The fraction of sp³-hybridized carbons (Fsp3) is 0.333. The second kappa shape index (κ2) is 6.26. The van der Waals surface area contributed by atoms with Gasteiger partial charge in [0.1, 0.15) is 5.75 Å². The number of amides is 1. The molecular formula is C12H14ClNO4. The summed E-state index contributed by atoms with van der Waals surface area (Å²) < 4.78 is 5.04. The molecule has 2 N–H and O–H groups in total. The maximum atomic E-state index is 11.9. The van der Waals surface area contributed by atoms with Crippen molar-refractivity contribution in [2.45, 2.75) is 6.92 Å². The lowest BCUT2D eigenvalue weighted by Gasteiger charge is -2.11. The summed E-state index contributed by atoms with van der Waals surface area (Å²) in [5, 5.41) is 11.6. The van der Waals surface area contributed by atoms with E-state index in [1.807, 2.05) is 0 Å². The Morgan fingerprint density at radius 1 is 1.50 bits per heavy atom. The molecule has 0 heterocycles. The molecule has 0 saturated carbocycles. The van der Waals surface area contributed by atoms with Crippen LogP contribution in [0.25, 0.3) is 0 Å². The maximum absolute atomic E-state index is 11.9. The van der Waals surface area contributed by atoms with E-state index in [4.69, 9.17) is 21.4 Å². The third kappa shape index (κ3) is 3.63. The Kier molecular flexibility index (Phi) is 4.97. The van der Waals surface area contributed by atoms with Gasteiger partial charge in [0.2, 0.25) is 0 Å². The number of hydrogen-bond donors (Lipinski definition) is 2. The monoisotopic (exact) mass is 271 g/mol. The minimum Gasteiger partial charge on any atom is -0.496 e. The van der Waals surface area contributed by atoms with Crippen molar-refractivity contribution < 1.29 is 19.4 Å². The second-order valence-electron chi connectivity index (χ2n) is 3.79.